The van der Waals surface area contributed by atoms with E-state index in [1.54, 1.807) is 7.05 Å². The van der Waals surface area contributed by atoms with Crippen molar-refractivity contribution in [1.82, 2.24) is 24.7 Å². The predicted molar refractivity (Wildman–Crippen MR) is 130 cm³/mol. The van der Waals surface area contributed by atoms with Crippen LogP contribution in [0.2, 0.25) is 0 Å². The topological polar surface area (TPSA) is 134 Å². The summed E-state index contributed by atoms with van der Waals surface area (Å²) in [7, 11) is 5.88. The maximum absolute atomic E-state index is 13.7. The van der Waals surface area contributed by atoms with Gasteiger partial charge in [0.2, 0.25) is 5.75 Å². The molecule has 3 unspecified atom stereocenters. The number of halogens is 1. The molecule has 2 N–H and O–H groups in total. The van der Waals surface area contributed by atoms with Crippen molar-refractivity contribution in [3.05, 3.63) is 51.5 Å². The third kappa shape index (κ3) is 4.87. The van der Waals surface area contributed by atoms with Gasteiger partial charge in [-0.15, -0.1) is 0 Å². The number of likely N-dealkylation sites (N-methyl/N-ethyl adjacent to an activating group) is 2. The highest BCUT2D eigenvalue weighted by Crippen LogP contribution is 2.42. The van der Waals surface area contributed by atoms with E-state index in [1.165, 1.54) is 53.8 Å². The lowest BCUT2D eigenvalue weighted by molar-refractivity contribution is -0.151. The lowest BCUT2D eigenvalue weighted by atomic mass is 9.78. The second-order valence-electron chi connectivity index (χ2n) is 9.70. The van der Waals surface area contributed by atoms with E-state index >= 15 is 0 Å². The Bertz CT molecular complexity index is 1310. The van der Waals surface area contributed by atoms with Crippen LogP contribution in [0, 0.1) is 11.7 Å². The van der Waals surface area contributed by atoms with Crippen LogP contribution in [0.1, 0.15) is 47.1 Å². The van der Waals surface area contributed by atoms with Gasteiger partial charge in [0, 0.05) is 46.2 Å². The van der Waals surface area contributed by atoms with Crippen LogP contribution in [0.5, 0.6) is 11.5 Å². The Labute approximate surface area is 212 Å². The number of amides is 3. The lowest BCUT2D eigenvalue weighted by Gasteiger charge is -2.38. The van der Waals surface area contributed by atoms with Gasteiger partial charge < -0.3 is 25.0 Å². The highest BCUT2D eigenvalue weighted by Gasteiger charge is 2.43. The number of carbonyl (C=O) groups is 3. The third-order valence-electron chi connectivity index (χ3n) is 7.16. The first-order valence-electron chi connectivity index (χ1n) is 12.0. The minimum Gasteiger partial charge on any atom is -0.501 e. The molecule has 1 saturated carbocycles. The largest absolute Gasteiger partial charge is 0.501 e. The quantitative estimate of drug-likeness (QED) is 0.564. The smallest absolute Gasteiger partial charge is 0.312 e. The van der Waals surface area contributed by atoms with Crippen molar-refractivity contribution in [1.29, 1.82) is 0 Å². The number of ether oxygens (including phenoxy) is 1. The second-order valence-corrected chi connectivity index (χ2v) is 9.70. The lowest BCUT2D eigenvalue weighted by Crippen LogP contribution is -2.49. The monoisotopic (exact) mass is 515 g/mol. The predicted octanol–water partition coefficient (Wildman–Crippen LogP) is 0.839. The number of nitrogens with zero attached hydrogens (tertiary/aromatic N) is 4. The zero-order chi connectivity index (χ0) is 27.0. The average molecular weight is 516 g/mol. The minimum absolute atomic E-state index is 0.0178. The van der Waals surface area contributed by atoms with Gasteiger partial charge in [-0.3, -0.25) is 23.7 Å². The summed E-state index contributed by atoms with van der Waals surface area (Å²) >= 11 is 0. The molecule has 5 rings (SSSR count). The third-order valence-corrected chi connectivity index (χ3v) is 7.16. The number of methoxy groups -OCH3 is 1. The highest BCUT2D eigenvalue weighted by molar-refractivity contribution is 6.34. The van der Waals surface area contributed by atoms with Crippen LogP contribution in [0.4, 0.5) is 4.39 Å². The molecule has 3 amide bonds. The van der Waals surface area contributed by atoms with Gasteiger partial charge >= 0.3 is 11.8 Å². The van der Waals surface area contributed by atoms with Crippen molar-refractivity contribution < 1.29 is 28.6 Å². The summed E-state index contributed by atoms with van der Waals surface area (Å²) in [5.74, 6) is -3.44. The molecule has 2 aromatic rings. The van der Waals surface area contributed by atoms with Gasteiger partial charge in [-0.25, -0.2) is 9.37 Å². The standard InChI is InChI=1S/C25H30FN5O6/c1-29(2)24(35)25(36)30(3)17-9-14-5-7-15(17)21-28-19(20(32)23(34)31(21)12-14)22(33)27-11-13-6-8-16(26)18(10-13)37-4/h6,8,10,14-15,17,32H,5,7,9,11-12H2,1-4H3,(H,27,33). The molecule has 1 fully saturated rings. The Kier molecular flexibility index (Phi) is 7.19. The Hall–Kier alpha value is -3.96. The first-order valence-corrected chi connectivity index (χ1v) is 12.0. The molecule has 1 aliphatic carbocycles. The molecule has 2 bridgehead atoms. The summed E-state index contributed by atoms with van der Waals surface area (Å²) in [5.41, 5.74) is -0.607. The van der Waals surface area contributed by atoms with Gasteiger partial charge in [-0.1, -0.05) is 6.07 Å². The molecular weight excluding hydrogens is 485 g/mol. The number of hydrogen-bond acceptors (Lipinski definition) is 7. The van der Waals surface area contributed by atoms with Crippen LogP contribution in [-0.2, 0) is 22.7 Å². The number of nitrogens with one attached hydrogen (secondary N) is 1. The fourth-order valence-corrected chi connectivity index (χ4v) is 5.14. The Morgan fingerprint density at radius 1 is 1.22 bits per heavy atom. The van der Waals surface area contributed by atoms with Crippen molar-refractivity contribution in [3.63, 3.8) is 0 Å². The number of aromatic nitrogens is 2. The molecule has 0 spiro atoms. The van der Waals surface area contributed by atoms with Gasteiger partial charge in [-0.05, 0) is 42.9 Å². The zero-order valence-corrected chi connectivity index (χ0v) is 21.2. The molecule has 1 aromatic heterocycles. The second kappa shape index (κ2) is 10.2. The van der Waals surface area contributed by atoms with Crippen LogP contribution in [0.15, 0.2) is 23.0 Å². The van der Waals surface area contributed by atoms with Crippen LogP contribution in [0.3, 0.4) is 0 Å². The average Bonchev–Trinajstić information content (AvgIpc) is 3.16. The van der Waals surface area contributed by atoms with E-state index in [-0.39, 0.29) is 18.2 Å². The minimum atomic E-state index is -0.774. The molecule has 1 aromatic carbocycles. The zero-order valence-electron chi connectivity index (χ0n) is 21.2. The van der Waals surface area contributed by atoms with Crippen molar-refractivity contribution in [3.8, 4) is 11.5 Å². The van der Waals surface area contributed by atoms with Crippen LogP contribution < -0.4 is 15.6 Å². The molecule has 37 heavy (non-hydrogen) atoms. The Morgan fingerprint density at radius 3 is 2.62 bits per heavy atom. The molecule has 3 aliphatic rings. The summed E-state index contributed by atoms with van der Waals surface area (Å²) in [6.45, 7) is 0.273. The van der Waals surface area contributed by atoms with Crippen molar-refractivity contribution >= 4 is 17.7 Å². The van der Waals surface area contributed by atoms with Crippen molar-refractivity contribution in [2.75, 3.05) is 28.3 Å². The maximum atomic E-state index is 13.7. The summed E-state index contributed by atoms with van der Waals surface area (Å²) in [6.07, 6.45) is 1.95. The molecule has 12 heteroatoms. The van der Waals surface area contributed by atoms with E-state index < -0.39 is 52.5 Å². The normalized spacial score (nSPS) is 20.0. The fourth-order valence-electron chi connectivity index (χ4n) is 5.14. The van der Waals surface area contributed by atoms with Gasteiger partial charge in [0.15, 0.2) is 17.3 Å². The van der Waals surface area contributed by atoms with Crippen molar-refractivity contribution in [2.24, 2.45) is 5.92 Å². The first-order chi connectivity index (χ1) is 17.5. The molecule has 0 saturated heterocycles. The number of hydrogen-bond donors (Lipinski definition) is 2. The van der Waals surface area contributed by atoms with E-state index in [4.69, 9.17) is 4.74 Å². The van der Waals surface area contributed by atoms with E-state index in [9.17, 15) is 28.7 Å². The summed E-state index contributed by atoms with van der Waals surface area (Å²) < 4.78 is 20.0. The molecule has 198 valence electrons. The van der Waals surface area contributed by atoms with E-state index in [2.05, 4.69) is 10.3 Å². The van der Waals surface area contributed by atoms with Crippen molar-refractivity contribution in [2.45, 2.75) is 44.3 Å². The first kappa shape index (κ1) is 26.1. The van der Waals surface area contributed by atoms with Gasteiger partial charge in [0.1, 0.15) is 5.82 Å². The number of benzene rings is 1. The van der Waals surface area contributed by atoms with Crippen LogP contribution in [-0.4, -0.2) is 76.5 Å². The van der Waals surface area contributed by atoms with Gasteiger partial charge in [0.25, 0.3) is 11.5 Å². The van der Waals surface area contributed by atoms with Crippen LogP contribution in [0.25, 0.3) is 0 Å². The Balaban J connectivity index is 1.64. The number of aromatic hydroxyl groups is 1. The maximum Gasteiger partial charge on any atom is 0.312 e. The summed E-state index contributed by atoms with van der Waals surface area (Å²) in [6, 6.07) is 3.71. The molecule has 0 radical (unpaired) electrons. The van der Waals surface area contributed by atoms with Crippen LogP contribution >= 0.6 is 0 Å². The summed E-state index contributed by atoms with van der Waals surface area (Å²) in [4.78, 5) is 58.2. The van der Waals surface area contributed by atoms with Gasteiger partial charge in [-0.2, -0.15) is 0 Å². The number of rotatable bonds is 5. The van der Waals surface area contributed by atoms with E-state index in [0.29, 0.717) is 30.8 Å². The molecule has 2 aliphatic heterocycles. The van der Waals surface area contributed by atoms with E-state index in [1.807, 2.05) is 0 Å². The van der Waals surface area contributed by atoms with E-state index in [0.717, 1.165) is 6.42 Å². The molecule has 3 atom stereocenters. The van der Waals surface area contributed by atoms with Gasteiger partial charge in [0.05, 0.1) is 7.11 Å². The number of fused-ring (bicyclic) bond motifs is 2. The Morgan fingerprint density at radius 2 is 1.95 bits per heavy atom. The SMILES string of the molecule is COc1cc(CNC(=O)c2nc3n(c(=O)c2O)CC2CCC3C(N(C)C(=O)C(=O)N(C)C)C2)ccc1F. The summed E-state index contributed by atoms with van der Waals surface area (Å²) in [5, 5.41) is 13.2. The number of carbonyl (C=O) groups excluding carboxylic acids is 3. The molecule has 11 nitrogen and oxygen atoms in total. The molecule has 3 heterocycles. The molecular formula is C25H30FN5O6. The fraction of sp³-hybridized carbons (Fsp3) is 0.480. The highest BCUT2D eigenvalue weighted by atomic mass is 19.1.